The lowest BCUT2D eigenvalue weighted by Gasteiger charge is -2.31. The van der Waals surface area contributed by atoms with Gasteiger partial charge in [0, 0.05) is 25.8 Å². The Bertz CT molecular complexity index is 2090. The molecular weight excluding hydrogens is 919 g/mol. The molecule has 0 radical (unpaired) electrons. The fraction of sp³-hybridized carbons (Fsp3) is 0.591. The lowest BCUT2D eigenvalue weighted by atomic mass is 9.96. The van der Waals surface area contributed by atoms with Crippen molar-refractivity contribution in [3.05, 3.63) is 29.8 Å². The number of carbonyl (C=O) groups excluding carboxylic acids is 12. The third kappa shape index (κ3) is 18.6. The zero-order valence-corrected chi connectivity index (χ0v) is 39.3. The summed E-state index contributed by atoms with van der Waals surface area (Å²) in [6, 6.07) is -4.45. The van der Waals surface area contributed by atoms with Crippen molar-refractivity contribution in [2.45, 2.75) is 133 Å². The molecule has 2 aliphatic heterocycles. The summed E-state index contributed by atoms with van der Waals surface area (Å²) >= 11 is 0. The molecule has 12 amide bonds. The van der Waals surface area contributed by atoms with E-state index in [1.54, 1.807) is 13.8 Å². The van der Waals surface area contributed by atoms with Gasteiger partial charge in [-0.2, -0.15) is 0 Å². The topological polar surface area (TPSA) is 429 Å². The summed E-state index contributed by atoms with van der Waals surface area (Å²) in [5.41, 5.74) is 22.1. The van der Waals surface area contributed by atoms with Gasteiger partial charge in [-0.1, -0.05) is 32.4 Å². The number of nitrogens with one attached hydrogen (secondary N) is 8. The number of aromatic hydroxyl groups is 1. The average Bonchev–Trinajstić information content (AvgIpc) is 3.81. The number of unbranched alkanes of at least 4 members (excludes halogenated alkanes) is 1. The van der Waals surface area contributed by atoms with Crippen LogP contribution in [0.1, 0.15) is 90.0 Å². The average molecular weight is 986 g/mol. The number of phenolic OH excluding ortho intramolecular Hbond substituents is 1. The summed E-state index contributed by atoms with van der Waals surface area (Å²) in [6.45, 7) is 2.43. The first-order chi connectivity index (χ1) is 33.1. The predicted octanol–water partition coefficient (Wildman–Crippen LogP) is -5.34. The van der Waals surface area contributed by atoms with E-state index < -0.39 is 164 Å². The molecule has 2 heterocycles. The minimum atomic E-state index is -1.83. The second-order valence-electron chi connectivity index (χ2n) is 17.3. The van der Waals surface area contributed by atoms with Crippen LogP contribution in [-0.4, -0.2) is 149 Å². The highest BCUT2D eigenvalue weighted by Gasteiger charge is 2.41. The van der Waals surface area contributed by atoms with Gasteiger partial charge in [0.15, 0.2) is 0 Å². The maximum atomic E-state index is 14.5. The molecule has 0 saturated carbocycles. The fourth-order valence-corrected chi connectivity index (χ4v) is 7.68. The normalized spacial score (nSPS) is 22.9. The minimum absolute atomic E-state index is 0.0272. The highest BCUT2D eigenvalue weighted by Crippen LogP contribution is 2.21. The monoisotopic (exact) mass is 985 g/mol. The number of nitrogens with two attached hydrogens (primary N) is 4. The molecule has 0 bridgehead atoms. The lowest BCUT2D eigenvalue weighted by Crippen LogP contribution is -2.61. The summed E-state index contributed by atoms with van der Waals surface area (Å²) in [7, 11) is 0. The highest BCUT2D eigenvalue weighted by molar-refractivity contribution is 5.99. The van der Waals surface area contributed by atoms with Gasteiger partial charge in [-0.25, -0.2) is 0 Å². The van der Waals surface area contributed by atoms with Gasteiger partial charge >= 0.3 is 0 Å². The molecule has 2 saturated heterocycles. The van der Waals surface area contributed by atoms with Crippen LogP contribution in [0.2, 0.25) is 0 Å². The first kappa shape index (κ1) is 56.9. The van der Waals surface area contributed by atoms with Crippen LogP contribution in [0.3, 0.4) is 0 Å². The van der Waals surface area contributed by atoms with Crippen molar-refractivity contribution in [2.24, 2.45) is 28.9 Å². The van der Waals surface area contributed by atoms with Crippen LogP contribution >= 0.6 is 0 Å². The van der Waals surface area contributed by atoms with Crippen molar-refractivity contribution in [1.82, 2.24) is 47.4 Å². The smallest absolute Gasteiger partial charge is 0.245 e. The van der Waals surface area contributed by atoms with Gasteiger partial charge in [-0.05, 0) is 75.1 Å². The second kappa shape index (κ2) is 28.2. The molecule has 0 aromatic heterocycles. The predicted molar refractivity (Wildman–Crippen MR) is 247 cm³/mol. The molecule has 26 heteroatoms. The van der Waals surface area contributed by atoms with Crippen LogP contribution in [0.25, 0.3) is 0 Å². The standard InChI is InChI=1S/C44H67N13O13/c1-3-23(2)37-43(69)53-27(13-15-32(46)59)39(65)55-30(20-33(47)60)40(66)54-28(14-16-35(62)49-22-36(63)51-29(41(67)56-37)19-24-9-11-25(58)12-10-24)44(70)57-18-6-8-31(57)42(68)52-26(7-4-5-17-45)38(64)50-21-34(48)61/h9-12,23,26-31,37,58H,3-8,13-22,45H2,1-2H3,(H2,46,59)(H2,47,60)(H2,48,61)(H,49,62)(H,50,64)(H,51,63)(H,52,68)(H,53,69)(H,54,66)(H,55,65)(H,56,67)/t23-,26-,27-,28-,29-,30-,31-,37-/m0/s1. The maximum absolute atomic E-state index is 14.5. The van der Waals surface area contributed by atoms with Crippen molar-refractivity contribution < 1.29 is 62.6 Å². The molecule has 3 rings (SSSR count). The third-order valence-electron chi connectivity index (χ3n) is 11.7. The Morgan fingerprint density at radius 3 is 2.07 bits per heavy atom. The molecule has 8 atom stereocenters. The van der Waals surface area contributed by atoms with Crippen LogP contribution in [0.5, 0.6) is 5.75 Å². The van der Waals surface area contributed by atoms with E-state index in [9.17, 15) is 62.6 Å². The molecule has 2 aliphatic rings. The van der Waals surface area contributed by atoms with Gasteiger partial charge in [0.2, 0.25) is 70.9 Å². The summed E-state index contributed by atoms with van der Waals surface area (Å²) in [6.07, 6.45) is -1.15. The van der Waals surface area contributed by atoms with Gasteiger partial charge in [-0.3, -0.25) is 57.5 Å². The zero-order chi connectivity index (χ0) is 52.1. The molecule has 17 N–H and O–H groups in total. The van der Waals surface area contributed by atoms with Crippen molar-refractivity contribution in [3.63, 3.8) is 0 Å². The van der Waals surface area contributed by atoms with Gasteiger partial charge in [0.05, 0.1) is 19.5 Å². The van der Waals surface area contributed by atoms with E-state index in [0.717, 1.165) is 4.90 Å². The van der Waals surface area contributed by atoms with E-state index in [1.807, 2.05) is 0 Å². The largest absolute Gasteiger partial charge is 0.508 e. The molecule has 1 aromatic carbocycles. The van der Waals surface area contributed by atoms with E-state index in [0.29, 0.717) is 31.4 Å². The molecule has 70 heavy (non-hydrogen) atoms. The number of benzene rings is 1. The third-order valence-corrected chi connectivity index (χ3v) is 11.7. The number of hydrogen-bond donors (Lipinski definition) is 13. The van der Waals surface area contributed by atoms with E-state index in [-0.39, 0.29) is 38.0 Å². The molecule has 0 unspecified atom stereocenters. The van der Waals surface area contributed by atoms with Crippen molar-refractivity contribution in [1.29, 1.82) is 0 Å². The van der Waals surface area contributed by atoms with Crippen molar-refractivity contribution in [3.8, 4) is 5.75 Å². The van der Waals surface area contributed by atoms with Crippen LogP contribution in [0, 0.1) is 5.92 Å². The number of likely N-dealkylation sites (tertiary alicyclic amines) is 1. The SMILES string of the molecule is CC[C@H](C)[C@@H]1NC(=O)[C@H](Cc2ccc(O)cc2)NC(=O)CNC(=O)CC[C@@H](C(=O)N2CCC[C@H]2C(=O)N[C@@H](CCCCN)C(=O)NCC(N)=O)NC(=O)[C@H](CC(N)=O)NC(=O)[C@H](CCC(N)=O)NC1=O. The van der Waals surface area contributed by atoms with Crippen LogP contribution in [0.4, 0.5) is 0 Å². The van der Waals surface area contributed by atoms with E-state index in [4.69, 9.17) is 22.9 Å². The molecule has 386 valence electrons. The molecule has 26 nitrogen and oxygen atoms in total. The van der Waals surface area contributed by atoms with E-state index in [1.165, 1.54) is 24.3 Å². The summed E-state index contributed by atoms with van der Waals surface area (Å²) in [4.78, 5) is 161. The Labute approximate surface area is 404 Å². The lowest BCUT2D eigenvalue weighted by molar-refractivity contribution is -0.143. The van der Waals surface area contributed by atoms with Crippen molar-refractivity contribution in [2.75, 3.05) is 26.2 Å². The Hall–Kier alpha value is -7.38. The summed E-state index contributed by atoms with van der Waals surface area (Å²) in [5.74, 6) is -11.5. The highest BCUT2D eigenvalue weighted by atomic mass is 16.3. The van der Waals surface area contributed by atoms with Gasteiger partial charge in [-0.15, -0.1) is 0 Å². The Morgan fingerprint density at radius 2 is 1.44 bits per heavy atom. The van der Waals surface area contributed by atoms with E-state index >= 15 is 0 Å². The number of primary amides is 3. The molecular formula is C44H67N13O13. The second-order valence-corrected chi connectivity index (χ2v) is 17.3. The fourth-order valence-electron chi connectivity index (χ4n) is 7.68. The first-order valence-corrected chi connectivity index (χ1v) is 23.1. The number of carbonyl (C=O) groups is 12. The number of hydrogen-bond acceptors (Lipinski definition) is 14. The van der Waals surface area contributed by atoms with Gasteiger partial charge in [0.25, 0.3) is 0 Å². The number of nitrogens with zero attached hydrogens (tertiary/aromatic N) is 1. The number of rotatable bonds is 19. The molecule has 0 spiro atoms. The van der Waals surface area contributed by atoms with E-state index in [2.05, 4.69) is 42.5 Å². The number of amides is 12. The quantitative estimate of drug-likeness (QED) is 0.0576. The molecule has 2 fully saturated rings. The van der Waals surface area contributed by atoms with Crippen molar-refractivity contribution >= 4 is 70.9 Å². The van der Waals surface area contributed by atoms with Crippen LogP contribution in [0.15, 0.2) is 24.3 Å². The Balaban J connectivity index is 2.05. The Kier molecular flexibility index (Phi) is 22.9. The maximum Gasteiger partial charge on any atom is 0.245 e. The summed E-state index contributed by atoms with van der Waals surface area (Å²) in [5, 5.41) is 29.7. The van der Waals surface area contributed by atoms with Crippen LogP contribution < -0.4 is 65.5 Å². The van der Waals surface area contributed by atoms with Gasteiger partial charge < -0.3 is 75.5 Å². The van der Waals surface area contributed by atoms with Crippen LogP contribution in [-0.2, 0) is 64.0 Å². The Morgan fingerprint density at radius 1 is 0.786 bits per heavy atom. The molecule has 1 aromatic rings. The first-order valence-electron chi connectivity index (χ1n) is 23.1. The number of phenols is 1. The summed E-state index contributed by atoms with van der Waals surface area (Å²) < 4.78 is 0. The zero-order valence-electron chi connectivity index (χ0n) is 39.3. The molecule has 0 aliphatic carbocycles. The van der Waals surface area contributed by atoms with Gasteiger partial charge in [0.1, 0.15) is 48.0 Å². The minimum Gasteiger partial charge on any atom is -0.508 e.